The molecule has 0 radical (unpaired) electrons. The summed E-state index contributed by atoms with van der Waals surface area (Å²) in [6.45, 7) is 8.81. The number of aromatic amines is 1. The Morgan fingerprint density at radius 2 is 1.67 bits per heavy atom. The number of nitrogens with zero attached hydrogens (tertiary/aromatic N) is 3. The van der Waals surface area contributed by atoms with E-state index in [-0.39, 0.29) is 22.8 Å². The van der Waals surface area contributed by atoms with E-state index in [1.807, 2.05) is 26.8 Å². The van der Waals surface area contributed by atoms with Crippen LogP contribution in [0.1, 0.15) is 66.7 Å². The first-order valence-electron chi connectivity index (χ1n) is 12.6. The average Bonchev–Trinajstić information content (AvgIpc) is 3.28. The monoisotopic (exact) mass is 591 g/mol. The van der Waals surface area contributed by atoms with Crippen molar-refractivity contribution in [3.63, 3.8) is 0 Å². The number of carboxylic acid groups (broad SMARTS) is 1. The lowest BCUT2D eigenvalue weighted by molar-refractivity contribution is -0.192. The predicted octanol–water partition coefficient (Wildman–Crippen LogP) is 4.53. The molecule has 4 rings (SSSR count). The summed E-state index contributed by atoms with van der Waals surface area (Å²) in [5, 5.41) is 25.2. The number of aryl methyl sites for hydroxylation is 1. The molecule has 14 heteroatoms. The number of benzene rings is 1. The van der Waals surface area contributed by atoms with Gasteiger partial charge in [-0.15, -0.1) is 5.10 Å². The number of amides is 1. The van der Waals surface area contributed by atoms with Crippen LogP contribution in [0.3, 0.4) is 0 Å². The van der Waals surface area contributed by atoms with Crippen LogP contribution in [-0.2, 0) is 4.79 Å². The Morgan fingerprint density at radius 3 is 2.14 bits per heavy atom. The summed E-state index contributed by atoms with van der Waals surface area (Å²) in [5.74, 6) is -3.55. The van der Waals surface area contributed by atoms with Crippen LogP contribution in [0.2, 0.25) is 0 Å². The van der Waals surface area contributed by atoms with Gasteiger partial charge >= 0.3 is 12.1 Å². The number of aliphatic carboxylic acids is 1. The van der Waals surface area contributed by atoms with Crippen LogP contribution in [0.15, 0.2) is 53.6 Å². The minimum Gasteiger partial charge on any atom is -0.475 e. The number of fused-ring (bicyclic) bond motifs is 1. The van der Waals surface area contributed by atoms with E-state index in [1.54, 1.807) is 26.1 Å². The highest BCUT2D eigenvalue weighted by Crippen LogP contribution is 2.29. The summed E-state index contributed by atoms with van der Waals surface area (Å²) >= 11 is 0. The number of hydrogen-bond acceptors (Lipinski definition) is 6. The predicted molar refractivity (Wildman–Crippen MR) is 144 cm³/mol. The van der Waals surface area contributed by atoms with Gasteiger partial charge in [0, 0.05) is 18.0 Å². The van der Waals surface area contributed by atoms with Gasteiger partial charge in [-0.25, -0.2) is 13.7 Å². The standard InChI is InChI=1S/C26H28FN5O3.C2HF3O2/c1-14(2)20-18(24(33)29-22(26(4,5)35)16-7-9-17(27)10-8-16)13-32-21(20)25(34)30-23(31-32)19-11-6-15(3)12-28-19;3-2(4,5)1(6)7/h6-14,22,35H,1-5H3,(H,29,33)(H,30,31,34);(H,6,7). The van der Waals surface area contributed by atoms with E-state index in [0.717, 1.165) is 5.56 Å². The molecular weight excluding hydrogens is 562 g/mol. The van der Waals surface area contributed by atoms with Crippen molar-refractivity contribution >= 4 is 17.4 Å². The Labute approximate surface area is 237 Å². The summed E-state index contributed by atoms with van der Waals surface area (Å²) in [6.07, 6.45) is -1.89. The molecule has 0 aliphatic rings. The molecule has 0 bridgehead atoms. The number of aliphatic hydroxyl groups is 1. The molecule has 0 aliphatic heterocycles. The van der Waals surface area contributed by atoms with Crippen LogP contribution in [0, 0.1) is 12.7 Å². The number of pyridine rings is 1. The highest BCUT2D eigenvalue weighted by molar-refractivity contribution is 5.98. The van der Waals surface area contributed by atoms with Crippen LogP contribution in [0.4, 0.5) is 17.6 Å². The first-order valence-corrected chi connectivity index (χ1v) is 12.6. The maximum atomic E-state index is 13.5. The Hall–Kier alpha value is -4.59. The first-order chi connectivity index (χ1) is 19.4. The summed E-state index contributed by atoms with van der Waals surface area (Å²) in [7, 11) is 0. The SMILES string of the molecule is Cc1ccc(-c2nn3cc(C(=O)NC(c4ccc(F)cc4)C(C)(C)O)c(C(C)C)c3c(=O)[nH]2)nc1.O=C(O)C(F)(F)F. The zero-order chi connectivity index (χ0) is 31.6. The van der Waals surface area contributed by atoms with Gasteiger partial charge in [0.15, 0.2) is 5.82 Å². The van der Waals surface area contributed by atoms with Gasteiger partial charge in [0.25, 0.3) is 11.5 Å². The van der Waals surface area contributed by atoms with Crippen molar-refractivity contribution in [1.82, 2.24) is 24.9 Å². The maximum Gasteiger partial charge on any atom is 0.490 e. The topological polar surface area (TPSA) is 150 Å². The van der Waals surface area contributed by atoms with Crippen LogP contribution >= 0.6 is 0 Å². The number of H-pyrrole nitrogens is 1. The van der Waals surface area contributed by atoms with Crippen molar-refractivity contribution in [1.29, 1.82) is 0 Å². The summed E-state index contributed by atoms with van der Waals surface area (Å²) in [6, 6.07) is 8.39. The minimum atomic E-state index is -5.08. The van der Waals surface area contributed by atoms with Gasteiger partial charge in [0.2, 0.25) is 0 Å². The third kappa shape index (κ3) is 7.37. The van der Waals surface area contributed by atoms with Crippen molar-refractivity contribution in [2.24, 2.45) is 0 Å². The number of carbonyl (C=O) groups is 2. The highest BCUT2D eigenvalue weighted by Gasteiger charge is 2.38. The third-order valence-electron chi connectivity index (χ3n) is 6.08. The highest BCUT2D eigenvalue weighted by atomic mass is 19.4. The number of alkyl halides is 3. The summed E-state index contributed by atoms with van der Waals surface area (Å²) in [5.41, 5.74) is 1.35. The van der Waals surface area contributed by atoms with Gasteiger partial charge in [-0.3, -0.25) is 14.6 Å². The normalized spacial score (nSPS) is 12.5. The Bertz CT molecular complexity index is 1640. The van der Waals surface area contributed by atoms with E-state index >= 15 is 0 Å². The van der Waals surface area contributed by atoms with Gasteiger partial charge < -0.3 is 20.5 Å². The Kier molecular flexibility index (Phi) is 9.20. The smallest absolute Gasteiger partial charge is 0.475 e. The van der Waals surface area contributed by atoms with E-state index in [4.69, 9.17) is 9.90 Å². The molecule has 1 amide bonds. The lowest BCUT2D eigenvalue weighted by atomic mass is 9.91. The van der Waals surface area contributed by atoms with Crippen molar-refractivity contribution < 1.29 is 37.4 Å². The molecule has 3 heterocycles. The van der Waals surface area contributed by atoms with Crippen LogP contribution < -0.4 is 10.9 Å². The molecule has 0 fully saturated rings. The lowest BCUT2D eigenvalue weighted by Crippen LogP contribution is -2.42. The maximum absolute atomic E-state index is 13.5. The second kappa shape index (κ2) is 12.1. The van der Waals surface area contributed by atoms with Gasteiger partial charge in [0.1, 0.15) is 17.0 Å². The molecule has 3 aromatic heterocycles. The second-order valence-corrected chi connectivity index (χ2v) is 10.3. The van der Waals surface area contributed by atoms with Gasteiger partial charge in [-0.05, 0) is 56.0 Å². The number of carbonyl (C=O) groups excluding carboxylic acids is 1. The summed E-state index contributed by atoms with van der Waals surface area (Å²) in [4.78, 5) is 42.6. The molecule has 1 aromatic carbocycles. The van der Waals surface area contributed by atoms with Crippen molar-refractivity contribution in [3.8, 4) is 11.5 Å². The fourth-order valence-electron chi connectivity index (χ4n) is 4.13. The molecule has 4 N–H and O–H groups in total. The molecule has 224 valence electrons. The molecule has 1 unspecified atom stereocenters. The van der Waals surface area contributed by atoms with Gasteiger partial charge in [0.05, 0.1) is 17.2 Å². The average molecular weight is 592 g/mol. The second-order valence-electron chi connectivity index (χ2n) is 10.3. The van der Waals surface area contributed by atoms with E-state index in [9.17, 15) is 32.3 Å². The van der Waals surface area contributed by atoms with Crippen LogP contribution in [0.5, 0.6) is 0 Å². The number of aromatic nitrogens is 4. The molecule has 0 saturated heterocycles. The zero-order valence-electron chi connectivity index (χ0n) is 23.2. The number of rotatable bonds is 6. The molecule has 0 spiro atoms. The quantitative estimate of drug-likeness (QED) is 0.241. The van der Waals surface area contributed by atoms with E-state index in [0.29, 0.717) is 16.8 Å². The lowest BCUT2D eigenvalue weighted by Gasteiger charge is -2.30. The molecule has 0 aliphatic carbocycles. The minimum absolute atomic E-state index is 0.168. The van der Waals surface area contributed by atoms with E-state index in [2.05, 4.69) is 20.4 Å². The summed E-state index contributed by atoms with van der Waals surface area (Å²) < 4.78 is 46.6. The molecule has 0 saturated carbocycles. The molecule has 4 aromatic rings. The Morgan fingerprint density at radius 1 is 1.07 bits per heavy atom. The van der Waals surface area contributed by atoms with Crippen LogP contribution in [-0.4, -0.2) is 53.4 Å². The molecule has 42 heavy (non-hydrogen) atoms. The molecule has 1 atom stereocenters. The van der Waals surface area contributed by atoms with Gasteiger partial charge in [-0.2, -0.15) is 13.2 Å². The van der Waals surface area contributed by atoms with Crippen molar-refractivity contribution in [3.05, 3.63) is 87.2 Å². The van der Waals surface area contributed by atoms with E-state index in [1.165, 1.54) is 35.0 Å². The van der Waals surface area contributed by atoms with Crippen molar-refractivity contribution in [2.75, 3.05) is 0 Å². The Balaban J connectivity index is 0.000000616. The number of halogens is 4. The number of hydrogen-bond donors (Lipinski definition) is 4. The zero-order valence-corrected chi connectivity index (χ0v) is 23.2. The molecule has 10 nitrogen and oxygen atoms in total. The third-order valence-corrected chi connectivity index (χ3v) is 6.08. The largest absolute Gasteiger partial charge is 0.490 e. The van der Waals surface area contributed by atoms with Crippen LogP contribution in [0.25, 0.3) is 17.0 Å². The van der Waals surface area contributed by atoms with Gasteiger partial charge in [-0.1, -0.05) is 32.0 Å². The fraction of sp³-hybridized carbons (Fsp3) is 0.321. The number of nitrogens with one attached hydrogen (secondary N) is 2. The van der Waals surface area contributed by atoms with E-state index < -0.39 is 41.1 Å². The fourth-order valence-corrected chi connectivity index (χ4v) is 4.13. The first kappa shape index (κ1) is 31.9. The number of carboxylic acids is 1. The van der Waals surface area contributed by atoms with Crippen molar-refractivity contribution in [2.45, 2.75) is 58.4 Å². The molecular formula is C28H29F4N5O5.